The van der Waals surface area contributed by atoms with E-state index in [4.69, 9.17) is 19.9 Å². The Labute approximate surface area is 167 Å². The molecule has 9 heteroatoms. The predicted molar refractivity (Wildman–Crippen MR) is 106 cm³/mol. The number of nitrogens with two attached hydrogens (primary N) is 1. The topological polar surface area (TPSA) is 103 Å². The summed E-state index contributed by atoms with van der Waals surface area (Å²) in [4.78, 5) is 25.8. The number of rotatable bonds is 5. The molecule has 148 valence electrons. The normalized spacial score (nSPS) is 14.6. The summed E-state index contributed by atoms with van der Waals surface area (Å²) in [7, 11) is 0. The molecular formula is C19H20ClN3O5. The molecule has 0 aromatic heterocycles. The number of fused-ring (bicyclic) bond motifs is 1. The first-order valence-corrected chi connectivity index (χ1v) is 8.62. The standard InChI is InChI=1S/C19H19N3O5.ClH/c20-14-8-16-17(27-11-26-16)9-15(14)21-18(23)10-25-13-4-1-3-12(7-13)22-6-2-5-19(22)24;/h1,3-4,7-9H,2,5-6,10-11,20H2,(H,21,23);1H. The van der Waals surface area contributed by atoms with Crippen LogP contribution in [0.3, 0.4) is 0 Å². The molecule has 2 aliphatic heterocycles. The van der Waals surface area contributed by atoms with E-state index in [-0.39, 0.29) is 37.6 Å². The monoisotopic (exact) mass is 405 g/mol. The van der Waals surface area contributed by atoms with Gasteiger partial charge < -0.3 is 30.2 Å². The molecule has 0 saturated carbocycles. The molecule has 3 N–H and O–H groups in total. The van der Waals surface area contributed by atoms with Crippen LogP contribution in [-0.4, -0.2) is 31.8 Å². The van der Waals surface area contributed by atoms with Crippen LogP contribution in [0, 0.1) is 0 Å². The third-order valence-corrected chi connectivity index (χ3v) is 4.39. The maximum atomic E-state index is 12.2. The van der Waals surface area contributed by atoms with Crippen molar-refractivity contribution < 1.29 is 23.8 Å². The van der Waals surface area contributed by atoms with Crippen molar-refractivity contribution in [2.45, 2.75) is 12.8 Å². The number of benzene rings is 2. The quantitative estimate of drug-likeness (QED) is 0.741. The molecule has 0 radical (unpaired) electrons. The molecule has 2 amide bonds. The number of anilines is 3. The molecule has 0 atom stereocenters. The summed E-state index contributed by atoms with van der Waals surface area (Å²) in [6.45, 7) is 0.641. The average molecular weight is 406 g/mol. The smallest absolute Gasteiger partial charge is 0.262 e. The number of ether oxygens (including phenoxy) is 3. The number of halogens is 1. The van der Waals surface area contributed by atoms with Crippen LogP contribution >= 0.6 is 12.4 Å². The Morgan fingerprint density at radius 1 is 1.21 bits per heavy atom. The van der Waals surface area contributed by atoms with Gasteiger partial charge in [0.2, 0.25) is 12.7 Å². The number of nitrogen functional groups attached to an aromatic ring is 1. The highest BCUT2D eigenvalue weighted by molar-refractivity contribution is 5.96. The van der Waals surface area contributed by atoms with Crippen LogP contribution in [0.25, 0.3) is 0 Å². The summed E-state index contributed by atoms with van der Waals surface area (Å²) in [5, 5.41) is 2.70. The Balaban J connectivity index is 0.00000225. The maximum Gasteiger partial charge on any atom is 0.262 e. The molecule has 2 aliphatic rings. The Bertz CT molecular complexity index is 905. The lowest BCUT2D eigenvalue weighted by Crippen LogP contribution is -2.24. The highest BCUT2D eigenvalue weighted by Crippen LogP contribution is 2.38. The lowest BCUT2D eigenvalue weighted by molar-refractivity contribution is -0.118. The molecular weight excluding hydrogens is 386 g/mol. The van der Waals surface area contributed by atoms with Crippen molar-refractivity contribution >= 4 is 41.3 Å². The van der Waals surface area contributed by atoms with E-state index >= 15 is 0 Å². The number of nitrogens with one attached hydrogen (secondary N) is 1. The molecule has 1 saturated heterocycles. The van der Waals surface area contributed by atoms with E-state index in [1.54, 1.807) is 35.2 Å². The third kappa shape index (κ3) is 4.07. The van der Waals surface area contributed by atoms with Crippen molar-refractivity contribution in [3.8, 4) is 17.2 Å². The van der Waals surface area contributed by atoms with Crippen molar-refractivity contribution in [3.05, 3.63) is 36.4 Å². The van der Waals surface area contributed by atoms with E-state index in [1.165, 1.54) is 0 Å². The average Bonchev–Trinajstić information content (AvgIpc) is 3.29. The number of hydrogen-bond acceptors (Lipinski definition) is 6. The van der Waals surface area contributed by atoms with Crippen molar-refractivity contribution in [1.29, 1.82) is 0 Å². The Kier molecular flexibility index (Phi) is 5.79. The van der Waals surface area contributed by atoms with Gasteiger partial charge in [0.15, 0.2) is 18.1 Å². The van der Waals surface area contributed by atoms with Gasteiger partial charge in [-0.1, -0.05) is 6.07 Å². The van der Waals surface area contributed by atoms with Gasteiger partial charge in [0, 0.05) is 36.9 Å². The SMILES string of the molecule is Cl.Nc1cc2c(cc1NC(=O)COc1cccc(N3CCCC3=O)c1)OCO2. The first-order chi connectivity index (χ1) is 13.1. The van der Waals surface area contributed by atoms with Gasteiger partial charge in [-0.25, -0.2) is 0 Å². The molecule has 4 rings (SSSR count). The second-order valence-corrected chi connectivity index (χ2v) is 6.28. The molecule has 28 heavy (non-hydrogen) atoms. The molecule has 2 aromatic carbocycles. The second kappa shape index (κ2) is 8.26. The number of hydrogen-bond donors (Lipinski definition) is 2. The second-order valence-electron chi connectivity index (χ2n) is 6.28. The van der Waals surface area contributed by atoms with Crippen LogP contribution < -0.4 is 30.2 Å². The van der Waals surface area contributed by atoms with Gasteiger partial charge in [-0.2, -0.15) is 0 Å². The lowest BCUT2D eigenvalue weighted by Gasteiger charge is -2.16. The van der Waals surface area contributed by atoms with Gasteiger partial charge in [0.05, 0.1) is 11.4 Å². The van der Waals surface area contributed by atoms with Gasteiger partial charge in [0.25, 0.3) is 5.91 Å². The third-order valence-electron chi connectivity index (χ3n) is 4.39. The van der Waals surface area contributed by atoms with Gasteiger partial charge in [-0.3, -0.25) is 9.59 Å². The number of carbonyl (C=O) groups is 2. The van der Waals surface area contributed by atoms with E-state index in [0.717, 1.165) is 12.1 Å². The molecule has 2 heterocycles. The zero-order chi connectivity index (χ0) is 18.8. The minimum atomic E-state index is -0.358. The van der Waals surface area contributed by atoms with Crippen molar-refractivity contribution in [1.82, 2.24) is 0 Å². The Morgan fingerprint density at radius 3 is 2.75 bits per heavy atom. The van der Waals surface area contributed by atoms with Gasteiger partial charge in [0.1, 0.15) is 5.75 Å². The maximum absolute atomic E-state index is 12.2. The minimum absolute atomic E-state index is 0. The fourth-order valence-corrected chi connectivity index (χ4v) is 3.06. The van der Waals surface area contributed by atoms with Crippen LogP contribution in [0.1, 0.15) is 12.8 Å². The van der Waals surface area contributed by atoms with Crippen molar-refractivity contribution in [2.24, 2.45) is 0 Å². The number of nitrogens with zero attached hydrogens (tertiary/aromatic N) is 1. The highest BCUT2D eigenvalue weighted by Gasteiger charge is 2.22. The lowest BCUT2D eigenvalue weighted by atomic mass is 10.2. The van der Waals surface area contributed by atoms with Crippen LogP contribution in [-0.2, 0) is 9.59 Å². The van der Waals surface area contributed by atoms with Gasteiger partial charge in [-0.15, -0.1) is 12.4 Å². The van der Waals surface area contributed by atoms with Crippen LogP contribution in [0.5, 0.6) is 17.2 Å². The van der Waals surface area contributed by atoms with E-state index in [1.807, 2.05) is 6.07 Å². The molecule has 0 unspecified atom stereocenters. The molecule has 2 aromatic rings. The first-order valence-electron chi connectivity index (χ1n) is 8.62. The largest absolute Gasteiger partial charge is 0.484 e. The predicted octanol–water partition coefficient (Wildman–Crippen LogP) is 2.56. The minimum Gasteiger partial charge on any atom is -0.484 e. The van der Waals surface area contributed by atoms with Gasteiger partial charge >= 0.3 is 0 Å². The van der Waals surface area contributed by atoms with Crippen LogP contribution in [0.2, 0.25) is 0 Å². The van der Waals surface area contributed by atoms with Crippen molar-refractivity contribution in [3.63, 3.8) is 0 Å². The molecule has 1 fully saturated rings. The van der Waals surface area contributed by atoms with E-state index < -0.39 is 0 Å². The Hall–Kier alpha value is -3.13. The Morgan fingerprint density at radius 2 is 2.00 bits per heavy atom. The van der Waals surface area contributed by atoms with Crippen molar-refractivity contribution in [2.75, 3.05) is 35.9 Å². The number of carbonyl (C=O) groups excluding carboxylic acids is 2. The first kappa shape index (κ1) is 19.6. The molecule has 8 nitrogen and oxygen atoms in total. The zero-order valence-corrected chi connectivity index (χ0v) is 15.8. The van der Waals surface area contributed by atoms with E-state index in [9.17, 15) is 9.59 Å². The fourth-order valence-electron chi connectivity index (χ4n) is 3.06. The number of amides is 2. The highest BCUT2D eigenvalue weighted by atomic mass is 35.5. The van der Waals surface area contributed by atoms with Crippen LogP contribution in [0.15, 0.2) is 36.4 Å². The van der Waals surface area contributed by atoms with E-state index in [0.29, 0.717) is 41.6 Å². The van der Waals surface area contributed by atoms with E-state index in [2.05, 4.69) is 5.32 Å². The summed E-state index contributed by atoms with van der Waals surface area (Å²) in [5.41, 5.74) is 7.51. The summed E-state index contributed by atoms with van der Waals surface area (Å²) >= 11 is 0. The fraction of sp³-hybridized carbons (Fsp3) is 0.263. The van der Waals surface area contributed by atoms with Gasteiger partial charge in [-0.05, 0) is 18.6 Å². The summed E-state index contributed by atoms with van der Waals surface area (Å²) in [6, 6.07) is 10.4. The van der Waals surface area contributed by atoms with Crippen LogP contribution in [0.4, 0.5) is 17.1 Å². The summed E-state index contributed by atoms with van der Waals surface area (Å²) in [5.74, 6) is 1.34. The molecule has 0 aliphatic carbocycles. The molecule has 0 bridgehead atoms. The summed E-state index contributed by atoms with van der Waals surface area (Å²) < 4.78 is 16.1. The summed E-state index contributed by atoms with van der Waals surface area (Å²) in [6.07, 6.45) is 1.41. The molecule has 0 spiro atoms. The zero-order valence-electron chi connectivity index (χ0n) is 15.0.